The topological polar surface area (TPSA) is 45.8 Å². The second-order valence-corrected chi connectivity index (χ2v) is 10.1. The normalized spacial score (nSPS) is 25.7. The zero-order chi connectivity index (χ0) is 19.9. The van der Waals surface area contributed by atoms with E-state index >= 15 is 0 Å². The smallest absolute Gasteiger partial charge is 0.206 e. The van der Waals surface area contributed by atoms with E-state index in [1.807, 2.05) is 0 Å². The monoisotopic (exact) mass is 395 g/mol. The lowest BCUT2D eigenvalue weighted by Crippen LogP contribution is -2.27. The summed E-state index contributed by atoms with van der Waals surface area (Å²) in [5.41, 5.74) is 3.07. The zero-order valence-electron chi connectivity index (χ0n) is 18.4. The van der Waals surface area contributed by atoms with E-state index in [1.165, 1.54) is 101 Å². The summed E-state index contributed by atoms with van der Waals surface area (Å²) in [5.74, 6) is 2.59. The number of carbonyl (C=O) groups excluding carboxylic acids is 1. The van der Waals surface area contributed by atoms with Gasteiger partial charge in [-0.1, -0.05) is 82.9 Å². The van der Waals surface area contributed by atoms with E-state index in [4.69, 9.17) is 4.98 Å². The maximum Gasteiger partial charge on any atom is 0.206 e. The first-order valence-electron chi connectivity index (χ1n) is 12.8. The first-order valence-corrected chi connectivity index (χ1v) is 12.8. The zero-order valence-corrected chi connectivity index (χ0v) is 18.4. The fourth-order valence-corrected chi connectivity index (χ4v) is 5.88. The summed E-state index contributed by atoms with van der Waals surface area (Å²) in [6, 6.07) is 0. The average molecular weight is 395 g/mol. The van der Waals surface area contributed by atoms with Crippen LogP contribution in [-0.2, 0) is 17.6 Å². The number of nitrogens with one attached hydrogen (secondary N) is 1. The molecule has 4 rings (SSSR count). The van der Waals surface area contributed by atoms with E-state index in [-0.39, 0.29) is 0 Å². The van der Waals surface area contributed by atoms with Gasteiger partial charge in [0.1, 0.15) is 5.82 Å². The summed E-state index contributed by atoms with van der Waals surface area (Å²) >= 11 is 0. The quantitative estimate of drug-likeness (QED) is 0.592. The van der Waals surface area contributed by atoms with Crippen LogP contribution in [0.25, 0.3) is 0 Å². The summed E-state index contributed by atoms with van der Waals surface area (Å²) in [6.45, 7) is 0. The highest BCUT2D eigenvalue weighted by Gasteiger charge is 2.29. The number of aryl methyl sites for hydroxylation is 1. The summed E-state index contributed by atoms with van der Waals surface area (Å²) in [5, 5.41) is 0. The Morgan fingerprint density at radius 3 is 2.03 bits per heavy atom. The predicted molar refractivity (Wildman–Crippen MR) is 121 cm³/mol. The van der Waals surface area contributed by atoms with Crippen LogP contribution in [0.15, 0.2) is 0 Å². The Labute approximate surface area is 178 Å². The highest BCUT2D eigenvalue weighted by Crippen LogP contribution is 2.34. The lowest BCUT2D eigenvalue weighted by Gasteiger charge is -2.23. The molecule has 1 heterocycles. The van der Waals surface area contributed by atoms with Gasteiger partial charge in [0.2, 0.25) is 7.28 Å². The number of carbonyl (C=O) groups is 1. The van der Waals surface area contributed by atoms with E-state index in [1.54, 1.807) is 0 Å². The van der Waals surface area contributed by atoms with Crippen molar-refractivity contribution in [3.63, 3.8) is 0 Å². The van der Waals surface area contributed by atoms with Gasteiger partial charge in [0.05, 0.1) is 11.4 Å². The molecule has 2 saturated carbocycles. The van der Waals surface area contributed by atoms with Crippen molar-refractivity contribution in [2.75, 3.05) is 0 Å². The Kier molecular flexibility index (Phi) is 7.90. The van der Waals surface area contributed by atoms with E-state index < -0.39 is 0 Å². The van der Waals surface area contributed by atoms with Crippen LogP contribution in [0, 0.1) is 5.92 Å². The number of nitrogens with zero attached hydrogens (tertiary/aromatic N) is 1. The molecule has 1 N–H and O–H groups in total. The number of hydrogen-bond donors (Lipinski definition) is 1. The Hall–Kier alpha value is -1.06. The first kappa shape index (κ1) is 21.2. The van der Waals surface area contributed by atoms with E-state index in [0.29, 0.717) is 23.3 Å². The molecule has 0 amide bonds. The molecule has 0 aliphatic heterocycles. The number of fused-ring (bicyclic) bond motifs is 1. The average Bonchev–Trinajstić information content (AvgIpc) is 3.15. The second kappa shape index (κ2) is 10.8. The van der Waals surface area contributed by atoms with Crippen LogP contribution in [0.2, 0.25) is 5.82 Å². The number of aromatic nitrogens is 2. The minimum atomic E-state index is 0.299. The van der Waals surface area contributed by atoms with Crippen molar-refractivity contribution in [2.24, 2.45) is 5.92 Å². The second-order valence-electron chi connectivity index (χ2n) is 10.1. The third-order valence-corrected chi connectivity index (χ3v) is 7.75. The largest absolute Gasteiger partial charge is 0.345 e. The lowest BCUT2D eigenvalue weighted by molar-refractivity contribution is -0.116. The van der Waals surface area contributed by atoms with E-state index in [0.717, 1.165) is 32.1 Å². The Morgan fingerprint density at radius 1 is 0.793 bits per heavy atom. The molecule has 1 unspecified atom stereocenters. The Morgan fingerprint density at radius 2 is 1.38 bits per heavy atom. The van der Waals surface area contributed by atoms with Gasteiger partial charge in [-0.3, -0.25) is 0 Å². The number of hydrogen-bond acceptors (Lipinski definition) is 2. The van der Waals surface area contributed by atoms with Crippen molar-refractivity contribution in [1.29, 1.82) is 0 Å². The van der Waals surface area contributed by atoms with Gasteiger partial charge in [0.25, 0.3) is 0 Å². The van der Waals surface area contributed by atoms with Crippen LogP contribution in [0.4, 0.5) is 0 Å². The Balaban J connectivity index is 1.34. The van der Waals surface area contributed by atoms with Crippen molar-refractivity contribution in [3.05, 3.63) is 17.2 Å². The van der Waals surface area contributed by atoms with Crippen molar-refractivity contribution in [2.45, 2.75) is 127 Å². The standard InChI is InChI=1S/C25H40BN2O/c29-24(19-12-8-6-3-7-9-13-19)26-21-16-17-22-23(18-21)28-25(27-22)20-14-10-4-1-2-5-11-15-20/h19-21H,1-18H2,(H,27,28). The van der Waals surface area contributed by atoms with Crippen LogP contribution in [-0.4, -0.2) is 22.9 Å². The van der Waals surface area contributed by atoms with Crippen LogP contribution in [0.3, 0.4) is 0 Å². The molecular formula is C25H40BN2O. The van der Waals surface area contributed by atoms with Crippen molar-refractivity contribution >= 4 is 13.0 Å². The maximum atomic E-state index is 12.9. The van der Waals surface area contributed by atoms with Gasteiger partial charge in [-0.15, -0.1) is 0 Å². The SMILES string of the molecule is O=C([B]C1CCc2nc(C3CCCCCCCC3)[nH]c2C1)C1CCCCCCC1. The minimum Gasteiger partial charge on any atom is -0.345 e. The molecule has 3 aliphatic rings. The summed E-state index contributed by atoms with van der Waals surface area (Å²) < 4.78 is 0. The van der Waals surface area contributed by atoms with E-state index in [2.05, 4.69) is 12.3 Å². The molecular weight excluding hydrogens is 355 g/mol. The van der Waals surface area contributed by atoms with E-state index in [9.17, 15) is 4.79 Å². The van der Waals surface area contributed by atoms with Crippen LogP contribution >= 0.6 is 0 Å². The van der Waals surface area contributed by atoms with Crippen molar-refractivity contribution < 1.29 is 4.79 Å². The highest BCUT2D eigenvalue weighted by molar-refractivity contribution is 6.75. The third kappa shape index (κ3) is 5.98. The molecule has 0 aromatic carbocycles. The molecule has 3 aliphatic carbocycles. The molecule has 1 aromatic rings. The molecule has 29 heavy (non-hydrogen) atoms. The molecule has 0 saturated heterocycles. The fourth-order valence-electron chi connectivity index (χ4n) is 5.88. The number of imidazole rings is 1. The van der Waals surface area contributed by atoms with Crippen molar-refractivity contribution in [1.82, 2.24) is 9.97 Å². The van der Waals surface area contributed by atoms with Crippen molar-refractivity contribution in [3.8, 4) is 0 Å². The van der Waals surface area contributed by atoms with Crippen LogP contribution in [0.5, 0.6) is 0 Å². The summed E-state index contributed by atoms with van der Waals surface area (Å²) in [6.07, 6.45) is 22.7. The summed E-state index contributed by atoms with van der Waals surface area (Å²) in [4.78, 5) is 21.7. The molecule has 0 spiro atoms. The van der Waals surface area contributed by atoms with Crippen LogP contribution in [0.1, 0.15) is 126 Å². The fraction of sp³-hybridized carbons (Fsp3) is 0.840. The van der Waals surface area contributed by atoms with Gasteiger partial charge in [-0.25, -0.2) is 4.98 Å². The molecule has 0 bridgehead atoms. The predicted octanol–water partition coefficient (Wildman–Crippen LogP) is 6.50. The van der Waals surface area contributed by atoms with Gasteiger partial charge in [0, 0.05) is 17.5 Å². The Bertz CT molecular complexity index is 637. The molecule has 2 fully saturated rings. The summed E-state index contributed by atoms with van der Waals surface area (Å²) in [7, 11) is 2.11. The van der Waals surface area contributed by atoms with Gasteiger partial charge in [-0.05, 0) is 38.5 Å². The number of rotatable bonds is 4. The van der Waals surface area contributed by atoms with Gasteiger partial charge in [0.15, 0.2) is 0 Å². The van der Waals surface area contributed by atoms with Crippen LogP contribution < -0.4 is 0 Å². The van der Waals surface area contributed by atoms with Gasteiger partial charge in [-0.2, -0.15) is 0 Å². The molecule has 1 atom stereocenters. The maximum absolute atomic E-state index is 12.9. The molecule has 1 aromatic heterocycles. The molecule has 1 radical (unpaired) electrons. The number of aromatic amines is 1. The molecule has 3 nitrogen and oxygen atoms in total. The third-order valence-electron chi connectivity index (χ3n) is 7.75. The molecule has 4 heteroatoms. The lowest BCUT2D eigenvalue weighted by atomic mass is 9.53. The first-order chi connectivity index (χ1) is 14.3. The van der Waals surface area contributed by atoms with Gasteiger partial charge >= 0.3 is 0 Å². The van der Waals surface area contributed by atoms with Gasteiger partial charge < -0.3 is 9.78 Å². The highest BCUT2D eigenvalue weighted by atomic mass is 16.1. The molecule has 159 valence electrons. The number of H-pyrrole nitrogens is 1. The minimum absolute atomic E-state index is 0.299.